The van der Waals surface area contributed by atoms with E-state index in [1.165, 1.54) is 17.4 Å². The van der Waals surface area contributed by atoms with Crippen LogP contribution in [0.2, 0.25) is 0 Å². The zero-order valence-electron chi connectivity index (χ0n) is 13.7. The summed E-state index contributed by atoms with van der Waals surface area (Å²) in [5.41, 5.74) is 0.971. The van der Waals surface area contributed by atoms with Crippen LogP contribution in [0.5, 0.6) is 0 Å². The molecule has 1 aromatic carbocycles. The molecule has 0 saturated carbocycles. The van der Waals surface area contributed by atoms with Crippen LogP contribution in [0.25, 0.3) is 0 Å². The number of hydrogen-bond donors (Lipinski definition) is 1. The first-order chi connectivity index (χ1) is 12.2. The van der Waals surface area contributed by atoms with Crippen molar-refractivity contribution in [2.45, 2.75) is 26.4 Å². The number of aromatic nitrogens is 3. The van der Waals surface area contributed by atoms with Crippen LogP contribution in [0.1, 0.15) is 37.2 Å². The first-order valence-corrected chi connectivity index (χ1v) is 9.06. The smallest absolute Gasteiger partial charge is 0.311 e. The number of nitrogens with one attached hydrogen (secondary N) is 1. The van der Waals surface area contributed by atoms with Crippen molar-refractivity contribution in [3.05, 3.63) is 56.7 Å². The topological polar surface area (TPSA) is 67.8 Å². The van der Waals surface area contributed by atoms with Gasteiger partial charge in [0.25, 0.3) is 5.91 Å². The quantitative estimate of drug-likeness (QED) is 0.704. The van der Waals surface area contributed by atoms with Crippen LogP contribution in [-0.2, 0) is 12.6 Å². The molecule has 2 heterocycles. The van der Waals surface area contributed by atoms with Crippen molar-refractivity contribution >= 4 is 33.8 Å². The van der Waals surface area contributed by atoms with E-state index in [9.17, 15) is 18.0 Å². The summed E-state index contributed by atoms with van der Waals surface area (Å²) in [5.74, 6) is -0.324. The van der Waals surface area contributed by atoms with Crippen LogP contribution >= 0.6 is 22.9 Å². The van der Waals surface area contributed by atoms with Gasteiger partial charge in [-0.3, -0.25) is 4.79 Å². The summed E-state index contributed by atoms with van der Waals surface area (Å²) >= 11 is 2.24. The van der Waals surface area contributed by atoms with Crippen LogP contribution in [0.3, 0.4) is 0 Å². The number of hydrogen-bond acceptors (Lipinski definition) is 6. The lowest BCUT2D eigenvalue weighted by molar-refractivity contribution is -0.137. The molecule has 1 amide bonds. The monoisotopic (exact) mass is 398 g/mol. The van der Waals surface area contributed by atoms with E-state index in [2.05, 4.69) is 19.9 Å². The molecular weight excluding hydrogens is 385 g/mol. The highest BCUT2D eigenvalue weighted by atomic mass is 32.1. The molecule has 0 spiro atoms. The molecule has 0 fully saturated rings. The van der Waals surface area contributed by atoms with Gasteiger partial charge in [0.15, 0.2) is 0 Å². The lowest BCUT2D eigenvalue weighted by atomic mass is 10.1. The normalized spacial score (nSPS) is 11.6. The second kappa shape index (κ2) is 7.12. The minimum atomic E-state index is -4.38. The van der Waals surface area contributed by atoms with Gasteiger partial charge >= 0.3 is 6.18 Å². The van der Waals surface area contributed by atoms with E-state index in [-0.39, 0.29) is 12.3 Å². The predicted octanol–water partition coefficient (Wildman–Crippen LogP) is 4.47. The van der Waals surface area contributed by atoms with Crippen LogP contribution in [-0.4, -0.2) is 20.5 Å². The molecule has 3 rings (SSSR count). The van der Waals surface area contributed by atoms with Gasteiger partial charge in [-0.2, -0.15) is 13.2 Å². The number of carbonyl (C=O) groups is 1. The van der Waals surface area contributed by atoms with E-state index in [1.54, 1.807) is 19.9 Å². The number of anilines is 1. The van der Waals surface area contributed by atoms with E-state index >= 15 is 0 Å². The maximum atomic E-state index is 12.8. The fraction of sp³-hybridized carbons (Fsp3) is 0.250. The number of amides is 1. The summed E-state index contributed by atoms with van der Waals surface area (Å²) in [6.07, 6.45) is -4.12. The van der Waals surface area contributed by atoms with Crippen LogP contribution in [0.15, 0.2) is 24.3 Å². The van der Waals surface area contributed by atoms with Gasteiger partial charge in [-0.15, -0.1) is 16.4 Å². The number of halogens is 3. The van der Waals surface area contributed by atoms with E-state index in [0.29, 0.717) is 31.8 Å². The second-order valence-electron chi connectivity index (χ2n) is 5.54. The van der Waals surface area contributed by atoms with Crippen molar-refractivity contribution in [3.8, 4) is 0 Å². The Balaban J connectivity index is 1.76. The molecule has 10 heteroatoms. The van der Waals surface area contributed by atoms with Gasteiger partial charge in [0.05, 0.1) is 22.0 Å². The fourth-order valence-electron chi connectivity index (χ4n) is 2.28. The molecule has 136 valence electrons. The number of aryl methyl sites for hydroxylation is 2. The molecule has 0 aliphatic carbocycles. The Morgan fingerprint density at radius 2 is 2.00 bits per heavy atom. The molecule has 0 radical (unpaired) electrons. The molecule has 5 nitrogen and oxygen atoms in total. The average molecular weight is 398 g/mol. The van der Waals surface area contributed by atoms with Crippen molar-refractivity contribution in [1.82, 2.24) is 14.6 Å². The number of nitrogens with zero attached hydrogens (tertiary/aromatic N) is 3. The Labute approximate surface area is 155 Å². The maximum Gasteiger partial charge on any atom is 0.416 e. The van der Waals surface area contributed by atoms with E-state index in [1.807, 2.05) is 0 Å². The van der Waals surface area contributed by atoms with Crippen LogP contribution < -0.4 is 5.32 Å². The third-order valence-electron chi connectivity index (χ3n) is 3.54. The molecule has 0 unspecified atom stereocenters. The third kappa shape index (κ3) is 4.07. The molecule has 1 N–H and O–H groups in total. The predicted molar refractivity (Wildman–Crippen MR) is 93.7 cm³/mol. The Bertz CT molecular complexity index is 949. The number of carbonyl (C=O) groups excluding carboxylic acids is 1. The highest BCUT2D eigenvalue weighted by molar-refractivity contribution is 7.16. The first kappa shape index (κ1) is 18.5. The molecule has 2 aromatic heterocycles. The Morgan fingerprint density at radius 1 is 1.23 bits per heavy atom. The van der Waals surface area contributed by atoms with Gasteiger partial charge < -0.3 is 5.32 Å². The zero-order valence-corrected chi connectivity index (χ0v) is 15.3. The molecule has 0 saturated heterocycles. The SMILES string of the molecule is Cc1nc(Cc2cccc(C(F)(F)F)c2)sc1NC(=O)c1snnc1C. The number of alkyl halides is 3. The summed E-state index contributed by atoms with van der Waals surface area (Å²) < 4.78 is 42.2. The fourth-order valence-corrected chi connectivity index (χ4v) is 3.82. The average Bonchev–Trinajstić information content (AvgIpc) is 3.13. The summed E-state index contributed by atoms with van der Waals surface area (Å²) in [6, 6.07) is 5.15. The van der Waals surface area contributed by atoms with E-state index in [0.717, 1.165) is 23.7 Å². The van der Waals surface area contributed by atoms with Gasteiger partial charge in [0.2, 0.25) is 0 Å². The van der Waals surface area contributed by atoms with Crippen LogP contribution in [0, 0.1) is 13.8 Å². The summed E-state index contributed by atoms with van der Waals surface area (Å²) in [6.45, 7) is 3.43. The van der Waals surface area contributed by atoms with Crippen molar-refractivity contribution in [2.24, 2.45) is 0 Å². The summed E-state index contributed by atoms with van der Waals surface area (Å²) in [4.78, 5) is 17.0. The van der Waals surface area contributed by atoms with E-state index in [4.69, 9.17) is 0 Å². The van der Waals surface area contributed by atoms with Gasteiger partial charge in [0, 0.05) is 6.42 Å². The standard InChI is InChI=1S/C16H13F3N4OS2/c1-8-13(26-23-22-8)14(24)21-15-9(2)20-12(25-15)7-10-4-3-5-11(6-10)16(17,18)19/h3-6H,7H2,1-2H3,(H,21,24). The Kier molecular flexibility index (Phi) is 5.05. The minimum Gasteiger partial charge on any atom is -0.311 e. The number of rotatable bonds is 4. The summed E-state index contributed by atoms with van der Waals surface area (Å²) in [5, 5.41) is 7.74. The number of benzene rings is 1. The van der Waals surface area contributed by atoms with Crippen molar-refractivity contribution in [3.63, 3.8) is 0 Å². The first-order valence-electron chi connectivity index (χ1n) is 7.47. The third-order valence-corrected chi connectivity index (χ3v) is 5.43. The zero-order chi connectivity index (χ0) is 18.9. The van der Waals surface area contributed by atoms with Crippen molar-refractivity contribution in [1.29, 1.82) is 0 Å². The second-order valence-corrected chi connectivity index (χ2v) is 7.38. The Morgan fingerprint density at radius 3 is 2.65 bits per heavy atom. The van der Waals surface area contributed by atoms with Crippen molar-refractivity contribution < 1.29 is 18.0 Å². The molecule has 0 aliphatic heterocycles. The molecule has 0 aliphatic rings. The van der Waals surface area contributed by atoms with Gasteiger partial charge in [-0.25, -0.2) is 4.98 Å². The molecule has 0 atom stereocenters. The minimum absolute atomic E-state index is 0.256. The highest BCUT2D eigenvalue weighted by Gasteiger charge is 2.30. The van der Waals surface area contributed by atoms with Crippen molar-refractivity contribution in [2.75, 3.05) is 5.32 Å². The molecule has 0 bridgehead atoms. The molecule has 3 aromatic rings. The maximum absolute atomic E-state index is 12.8. The number of thiazole rings is 1. The van der Waals surface area contributed by atoms with Crippen LogP contribution in [0.4, 0.5) is 18.2 Å². The largest absolute Gasteiger partial charge is 0.416 e. The lowest BCUT2D eigenvalue weighted by Gasteiger charge is -2.07. The van der Waals surface area contributed by atoms with Gasteiger partial charge in [-0.05, 0) is 37.0 Å². The molecule has 26 heavy (non-hydrogen) atoms. The Hall–Kier alpha value is -2.33. The molecular formula is C16H13F3N4OS2. The van der Waals surface area contributed by atoms with E-state index < -0.39 is 11.7 Å². The van der Waals surface area contributed by atoms with Gasteiger partial charge in [0.1, 0.15) is 9.88 Å². The highest BCUT2D eigenvalue weighted by Crippen LogP contribution is 2.31. The summed E-state index contributed by atoms with van der Waals surface area (Å²) in [7, 11) is 0. The van der Waals surface area contributed by atoms with Gasteiger partial charge in [-0.1, -0.05) is 22.7 Å². The lowest BCUT2D eigenvalue weighted by Crippen LogP contribution is -2.11.